The van der Waals surface area contributed by atoms with Crippen molar-refractivity contribution in [2.75, 3.05) is 32.8 Å². The van der Waals surface area contributed by atoms with Gasteiger partial charge in [-0.2, -0.15) is 0 Å². The smallest absolute Gasteiger partial charge is 0.409 e. The fourth-order valence-corrected chi connectivity index (χ4v) is 5.69. The summed E-state index contributed by atoms with van der Waals surface area (Å²) in [6, 6.07) is 9.36. The highest BCUT2D eigenvalue weighted by Crippen LogP contribution is 2.51. The minimum atomic E-state index is -0.171. The fourth-order valence-electron chi connectivity index (χ4n) is 5.69. The lowest BCUT2D eigenvalue weighted by Crippen LogP contribution is -2.51. The molecular weight excluding hydrogens is 366 g/mol. The van der Waals surface area contributed by atoms with Crippen LogP contribution in [0.5, 0.6) is 0 Å². The van der Waals surface area contributed by atoms with Gasteiger partial charge >= 0.3 is 6.09 Å². The van der Waals surface area contributed by atoms with Crippen LogP contribution in [0.25, 0.3) is 0 Å². The quantitative estimate of drug-likeness (QED) is 0.848. The second-order valence-corrected chi connectivity index (χ2v) is 8.78. The van der Waals surface area contributed by atoms with Crippen LogP contribution in [0.4, 0.5) is 4.79 Å². The number of rotatable bonds is 3. The van der Waals surface area contributed by atoms with Crippen molar-refractivity contribution >= 4 is 12.0 Å². The molecule has 0 aromatic heterocycles. The summed E-state index contributed by atoms with van der Waals surface area (Å²) in [5, 5.41) is 3.17. The number of piperidine rings is 2. The summed E-state index contributed by atoms with van der Waals surface area (Å²) in [4.78, 5) is 28.1. The monoisotopic (exact) mass is 399 g/mol. The molecule has 4 rings (SSSR count). The van der Waals surface area contributed by atoms with Gasteiger partial charge in [-0.15, -0.1) is 0 Å². The minimum Gasteiger partial charge on any atom is -0.450 e. The lowest BCUT2D eigenvalue weighted by atomic mass is 9.73. The van der Waals surface area contributed by atoms with Crippen LogP contribution in [-0.2, 0) is 14.9 Å². The molecule has 158 valence electrons. The summed E-state index contributed by atoms with van der Waals surface area (Å²) in [5.41, 5.74) is 2.93. The summed E-state index contributed by atoms with van der Waals surface area (Å²) in [6.45, 7) is 7.66. The molecule has 3 aliphatic rings. The van der Waals surface area contributed by atoms with Crippen molar-refractivity contribution in [1.29, 1.82) is 0 Å². The Morgan fingerprint density at radius 1 is 1.14 bits per heavy atom. The maximum atomic E-state index is 11.9. The number of nitrogens with one attached hydrogen (secondary N) is 1. The number of amides is 2. The number of likely N-dealkylation sites (tertiary alicyclic amines) is 2. The van der Waals surface area contributed by atoms with Gasteiger partial charge in [0, 0.05) is 31.5 Å². The number of ether oxygens (including phenoxy) is 1. The van der Waals surface area contributed by atoms with Crippen LogP contribution in [0, 0.1) is 0 Å². The Hall–Kier alpha value is -2.08. The zero-order chi connectivity index (χ0) is 20.4. The summed E-state index contributed by atoms with van der Waals surface area (Å²) in [6.07, 6.45) is 5.17. The molecule has 2 saturated heterocycles. The van der Waals surface area contributed by atoms with E-state index in [9.17, 15) is 9.59 Å². The topological polar surface area (TPSA) is 61.9 Å². The van der Waals surface area contributed by atoms with Crippen LogP contribution in [0.2, 0.25) is 0 Å². The molecule has 2 amide bonds. The molecule has 0 unspecified atom stereocenters. The number of benzene rings is 1. The summed E-state index contributed by atoms with van der Waals surface area (Å²) in [7, 11) is 0. The number of nitrogens with zero attached hydrogens (tertiary/aromatic N) is 2. The van der Waals surface area contributed by atoms with E-state index >= 15 is 0 Å². The Bertz CT molecular complexity index is 749. The number of carbonyl (C=O) groups excluding carboxylic acids is 2. The molecule has 2 aliphatic heterocycles. The number of hydrogen-bond donors (Lipinski definition) is 1. The van der Waals surface area contributed by atoms with Crippen molar-refractivity contribution in [3.05, 3.63) is 35.4 Å². The van der Waals surface area contributed by atoms with Gasteiger partial charge in [-0.3, -0.25) is 4.79 Å². The van der Waals surface area contributed by atoms with Crippen LogP contribution in [0.3, 0.4) is 0 Å². The van der Waals surface area contributed by atoms with Crippen LogP contribution in [-0.4, -0.2) is 60.6 Å². The first kappa shape index (κ1) is 20.2. The van der Waals surface area contributed by atoms with E-state index in [-0.39, 0.29) is 23.5 Å². The largest absolute Gasteiger partial charge is 0.450 e. The van der Waals surface area contributed by atoms with Gasteiger partial charge in [0.1, 0.15) is 0 Å². The van der Waals surface area contributed by atoms with Gasteiger partial charge in [-0.05, 0) is 63.2 Å². The maximum Gasteiger partial charge on any atom is 0.409 e. The molecule has 6 nitrogen and oxygen atoms in total. The zero-order valence-electron chi connectivity index (χ0n) is 17.7. The van der Waals surface area contributed by atoms with E-state index in [4.69, 9.17) is 4.74 Å². The van der Waals surface area contributed by atoms with Crippen molar-refractivity contribution in [2.24, 2.45) is 0 Å². The normalized spacial score (nSPS) is 24.3. The van der Waals surface area contributed by atoms with Gasteiger partial charge in [0.25, 0.3) is 0 Å². The first-order chi connectivity index (χ1) is 14.0. The molecule has 6 heteroatoms. The third-order valence-corrected chi connectivity index (χ3v) is 7.14. The molecule has 1 N–H and O–H groups in total. The van der Waals surface area contributed by atoms with E-state index in [1.54, 1.807) is 6.92 Å². The maximum absolute atomic E-state index is 11.9. The summed E-state index contributed by atoms with van der Waals surface area (Å²) in [5.74, 6) is 0.0487. The highest BCUT2D eigenvalue weighted by atomic mass is 16.6. The third kappa shape index (κ3) is 4.00. The molecule has 1 aromatic rings. The van der Waals surface area contributed by atoms with Crippen molar-refractivity contribution in [2.45, 2.75) is 63.5 Å². The average Bonchev–Trinajstić information content (AvgIpc) is 3.02. The van der Waals surface area contributed by atoms with Gasteiger partial charge < -0.3 is 19.9 Å². The SMILES string of the molecule is CCOC(=O)N1CCC(N2CCC3(CC2)C[C@H](NC(C)=O)c2ccccc23)CC1. The molecule has 0 bridgehead atoms. The van der Waals surface area contributed by atoms with Crippen LogP contribution in [0.1, 0.15) is 63.1 Å². The van der Waals surface area contributed by atoms with E-state index in [2.05, 4.69) is 34.5 Å². The highest BCUT2D eigenvalue weighted by molar-refractivity contribution is 5.74. The zero-order valence-corrected chi connectivity index (χ0v) is 17.7. The van der Waals surface area contributed by atoms with E-state index in [1.165, 1.54) is 11.1 Å². The third-order valence-electron chi connectivity index (χ3n) is 7.14. The predicted octanol–water partition coefficient (Wildman–Crippen LogP) is 3.22. The highest BCUT2D eigenvalue weighted by Gasteiger charge is 2.46. The number of hydrogen-bond acceptors (Lipinski definition) is 4. The molecule has 29 heavy (non-hydrogen) atoms. The Morgan fingerprint density at radius 3 is 2.48 bits per heavy atom. The van der Waals surface area contributed by atoms with Crippen molar-refractivity contribution in [3.63, 3.8) is 0 Å². The van der Waals surface area contributed by atoms with E-state index in [0.29, 0.717) is 12.6 Å². The Morgan fingerprint density at radius 2 is 1.83 bits per heavy atom. The van der Waals surface area contributed by atoms with E-state index < -0.39 is 0 Å². The summed E-state index contributed by atoms with van der Waals surface area (Å²) < 4.78 is 5.14. The standard InChI is InChI=1S/C23H33N3O3/c1-3-29-22(28)26-12-8-18(9-13-26)25-14-10-23(11-15-25)16-21(24-17(2)27)19-6-4-5-7-20(19)23/h4-7,18,21H,3,8-16H2,1-2H3,(H,24,27)/t21-/m0/s1. The summed E-state index contributed by atoms with van der Waals surface area (Å²) >= 11 is 0. The Kier molecular flexibility index (Phi) is 5.81. The lowest BCUT2D eigenvalue weighted by molar-refractivity contribution is -0.119. The van der Waals surface area contributed by atoms with Crippen molar-refractivity contribution in [1.82, 2.24) is 15.1 Å². The fraction of sp³-hybridized carbons (Fsp3) is 0.652. The van der Waals surface area contributed by atoms with E-state index in [0.717, 1.165) is 58.3 Å². The molecular formula is C23H33N3O3. The van der Waals surface area contributed by atoms with Crippen LogP contribution in [0.15, 0.2) is 24.3 Å². The van der Waals surface area contributed by atoms with Crippen LogP contribution < -0.4 is 5.32 Å². The first-order valence-corrected chi connectivity index (χ1v) is 11.0. The molecule has 1 atom stereocenters. The second-order valence-electron chi connectivity index (χ2n) is 8.78. The lowest BCUT2D eigenvalue weighted by Gasteiger charge is -2.45. The Labute approximate surface area is 173 Å². The van der Waals surface area contributed by atoms with Gasteiger partial charge in [-0.1, -0.05) is 24.3 Å². The van der Waals surface area contributed by atoms with Gasteiger partial charge in [0.05, 0.1) is 12.6 Å². The molecule has 0 saturated carbocycles. The van der Waals surface area contributed by atoms with Crippen molar-refractivity contribution in [3.8, 4) is 0 Å². The molecule has 0 radical (unpaired) electrons. The second kappa shape index (κ2) is 8.34. The van der Waals surface area contributed by atoms with Gasteiger partial charge in [0.15, 0.2) is 0 Å². The minimum absolute atomic E-state index is 0.0487. The average molecular weight is 400 g/mol. The molecule has 1 aromatic carbocycles. The first-order valence-electron chi connectivity index (χ1n) is 11.0. The Balaban J connectivity index is 1.37. The number of carbonyl (C=O) groups is 2. The molecule has 1 aliphatic carbocycles. The molecule has 2 fully saturated rings. The van der Waals surface area contributed by atoms with Gasteiger partial charge in [0.2, 0.25) is 5.91 Å². The molecule has 1 spiro atoms. The predicted molar refractivity (Wildman–Crippen MR) is 112 cm³/mol. The van der Waals surface area contributed by atoms with Crippen molar-refractivity contribution < 1.29 is 14.3 Å². The van der Waals surface area contributed by atoms with Gasteiger partial charge in [-0.25, -0.2) is 4.79 Å². The van der Waals surface area contributed by atoms with Crippen LogP contribution >= 0.6 is 0 Å². The van der Waals surface area contributed by atoms with E-state index in [1.807, 2.05) is 11.8 Å². The molecule has 2 heterocycles. The number of fused-ring (bicyclic) bond motifs is 2.